The van der Waals surface area contributed by atoms with Gasteiger partial charge in [-0.2, -0.15) is 5.26 Å². The molecule has 0 bridgehead atoms. The Kier molecular flexibility index (Phi) is 4.20. The summed E-state index contributed by atoms with van der Waals surface area (Å²) >= 11 is 0. The van der Waals surface area contributed by atoms with Crippen LogP contribution in [0.25, 0.3) is 0 Å². The Morgan fingerprint density at radius 1 is 1.54 bits per heavy atom. The van der Waals surface area contributed by atoms with Crippen LogP contribution >= 0.6 is 0 Å². The molecule has 1 aliphatic rings. The summed E-state index contributed by atoms with van der Waals surface area (Å²) in [6, 6.07) is 2.81. The van der Waals surface area contributed by atoms with Crippen molar-refractivity contribution in [3.8, 4) is 6.07 Å². The minimum absolute atomic E-state index is 0.623. The smallest absolute Gasteiger partial charge is 0.0635 e. The number of nitrogens with zero attached hydrogens (tertiary/aromatic N) is 2. The molecule has 3 heteroatoms. The van der Waals surface area contributed by atoms with Gasteiger partial charge in [0, 0.05) is 19.0 Å². The highest BCUT2D eigenvalue weighted by Crippen LogP contribution is 2.28. The van der Waals surface area contributed by atoms with Crippen LogP contribution in [-0.2, 0) is 0 Å². The van der Waals surface area contributed by atoms with E-state index in [4.69, 9.17) is 11.0 Å². The maximum Gasteiger partial charge on any atom is 0.0635 e. The van der Waals surface area contributed by atoms with Crippen LogP contribution in [0.1, 0.15) is 25.7 Å². The Bertz CT molecular complexity index is 185. The van der Waals surface area contributed by atoms with Crippen LogP contribution in [0.5, 0.6) is 0 Å². The summed E-state index contributed by atoms with van der Waals surface area (Å²) in [6.07, 6.45) is 4.44. The van der Waals surface area contributed by atoms with Gasteiger partial charge in [-0.3, -0.25) is 0 Å². The third kappa shape index (κ3) is 2.68. The molecular formula is C10H19N3. The van der Waals surface area contributed by atoms with E-state index in [0.717, 1.165) is 13.1 Å². The maximum absolute atomic E-state index is 8.48. The summed E-state index contributed by atoms with van der Waals surface area (Å²) in [6.45, 7) is 1.68. The van der Waals surface area contributed by atoms with Crippen molar-refractivity contribution in [2.45, 2.75) is 31.7 Å². The first kappa shape index (κ1) is 10.5. The monoisotopic (exact) mass is 181 g/mol. The van der Waals surface area contributed by atoms with Gasteiger partial charge in [-0.25, -0.2) is 0 Å². The van der Waals surface area contributed by atoms with Gasteiger partial charge >= 0.3 is 0 Å². The molecule has 0 radical (unpaired) electrons. The van der Waals surface area contributed by atoms with Crippen LogP contribution in [0, 0.1) is 17.2 Å². The molecule has 0 heterocycles. The summed E-state index contributed by atoms with van der Waals surface area (Å²) < 4.78 is 0. The Hall–Kier alpha value is -0.590. The van der Waals surface area contributed by atoms with E-state index in [0.29, 0.717) is 18.4 Å². The standard InChI is InChI=1S/C10H19N3/c1-13(7-3-6-11)10-5-2-4-9(10)8-12/h9-10H,2-5,7-8,12H2,1H3. The van der Waals surface area contributed by atoms with Gasteiger partial charge in [0.25, 0.3) is 0 Å². The minimum atomic E-state index is 0.623. The first-order valence-corrected chi connectivity index (χ1v) is 5.07. The van der Waals surface area contributed by atoms with Crippen LogP contribution < -0.4 is 5.73 Å². The first-order chi connectivity index (χ1) is 6.29. The number of nitrogens with two attached hydrogens (primary N) is 1. The van der Waals surface area contributed by atoms with Crippen molar-refractivity contribution in [2.75, 3.05) is 20.1 Å². The van der Waals surface area contributed by atoms with Gasteiger partial charge in [0.15, 0.2) is 0 Å². The fourth-order valence-electron chi connectivity index (χ4n) is 2.26. The van der Waals surface area contributed by atoms with Crippen LogP contribution in [0.4, 0.5) is 0 Å². The van der Waals surface area contributed by atoms with Gasteiger partial charge in [0.1, 0.15) is 0 Å². The van der Waals surface area contributed by atoms with E-state index in [9.17, 15) is 0 Å². The van der Waals surface area contributed by atoms with Crippen LogP contribution in [0.3, 0.4) is 0 Å². The predicted molar refractivity (Wildman–Crippen MR) is 53.0 cm³/mol. The molecule has 0 aromatic rings. The molecule has 2 N–H and O–H groups in total. The Morgan fingerprint density at radius 3 is 2.92 bits per heavy atom. The highest BCUT2D eigenvalue weighted by atomic mass is 15.1. The molecule has 0 aliphatic heterocycles. The second kappa shape index (κ2) is 5.21. The van der Waals surface area contributed by atoms with Crippen LogP contribution in [-0.4, -0.2) is 31.1 Å². The Labute approximate surface area is 80.5 Å². The molecule has 13 heavy (non-hydrogen) atoms. The van der Waals surface area contributed by atoms with Crippen LogP contribution in [0.15, 0.2) is 0 Å². The molecule has 0 saturated heterocycles. The lowest BCUT2D eigenvalue weighted by Gasteiger charge is -2.28. The van der Waals surface area contributed by atoms with Crippen molar-refractivity contribution < 1.29 is 0 Å². The molecule has 0 aromatic heterocycles. The molecule has 1 aliphatic carbocycles. The summed E-state index contributed by atoms with van der Waals surface area (Å²) in [5.74, 6) is 0.656. The Morgan fingerprint density at radius 2 is 2.31 bits per heavy atom. The van der Waals surface area contributed by atoms with E-state index in [1.165, 1.54) is 19.3 Å². The number of rotatable bonds is 4. The lowest BCUT2D eigenvalue weighted by Crippen LogP contribution is -2.38. The summed E-state index contributed by atoms with van der Waals surface area (Å²) in [7, 11) is 2.11. The van der Waals surface area contributed by atoms with Crippen molar-refractivity contribution in [1.29, 1.82) is 5.26 Å². The number of nitriles is 1. The van der Waals surface area contributed by atoms with Gasteiger partial charge in [0.05, 0.1) is 6.07 Å². The summed E-state index contributed by atoms with van der Waals surface area (Å²) in [5.41, 5.74) is 5.70. The molecule has 1 saturated carbocycles. The lowest BCUT2D eigenvalue weighted by molar-refractivity contribution is 0.204. The highest BCUT2D eigenvalue weighted by molar-refractivity contribution is 4.85. The van der Waals surface area contributed by atoms with E-state index in [1.807, 2.05) is 0 Å². The molecule has 3 nitrogen and oxygen atoms in total. The second-order valence-corrected chi connectivity index (χ2v) is 3.88. The van der Waals surface area contributed by atoms with Gasteiger partial charge in [-0.15, -0.1) is 0 Å². The normalized spacial score (nSPS) is 27.8. The third-order valence-electron chi connectivity index (χ3n) is 3.06. The molecule has 0 amide bonds. The van der Waals surface area contributed by atoms with E-state index in [1.54, 1.807) is 0 Å². The highest BCUT2D eigenvalue weighted by Gasteiger charge is 2.28. The molecule has 2 unspecified atom stereocenters. The molecule has 74 valence electrons. The fourth-order valence-corrected chi connectivity index (χ4v) is 2.26. The van der Waals surface area contributed by atoms with E-state index in [-0.39, 0.29) is 0 Å². The molecule has 2 atom stereocenters. The second-order valence-electron chi connectivity index (χ2n) is 3.88. The molecule has 0 aromatic carbocycles. The van der Waals surface area contributed by atoms with Crippen molar-refractivity contribution >= 4 is 0 Å². The van der Waals surface area contributed by atoms with Crippen molar-refractivity contribution in [2.24, 2.45) is 11.7 Å². The Balaban J connectivity index is 2.36. The fraction of sp³-hybridized carbons (Fsp3) is 0.900. The zero-order valence-electron chi connectivity index (χ0n) is 8.37. The summed E-state index contributed by atoms with van der Waals surface area (Å²) in [4.78, 5) is 2.30. The zero-order chi connectivity index (χ0) is 9.68. The average molecular weight is 181 g/mol. The topological polar surface area (TPSA) is 53.0 Å². The molecule has 1 fully saturated rings. The molecule has 1 rings (SSSR count). The third-order valence-corrected chi connectivity index (χ3v) is 3.06. The van der Waals surface area contributed by atoms with Gasteiger partial charge < -0.3 is 10.6 Å². The first-order valence-electron chi connectivity index (χ1n) is 5.07. The van der Waals surface area contributed by atoms with Gasteiger partial charge in [0.2, 0.25) is 0 Å². The molecular weight excluding hydrogens is 162 g/mol. The predicted octanol–water partition coefficient (Wildman–Crippen LogP) is 0.959. The zero-order valence-corrected chi connectivity index (χ0v) is 8.37. The number of hydrogen-bond acceptors (Lipinski definition) is 3. The minimum Gasteiger partial charge on any atom is -0.330 e. The van der Waals surface area contributed by atoms with Crippen molar-refractivity contribution in [3.63, 3.8) is 0 Å². The largest absolute Gasteiger partial charge is 0.330 e. The average Bonchev–Trinajstić information content (AvgIpc) is 2.61. The quantitative estimate of drug-likeness (QED) is 0.703. The SMILES string of the molecule is CN(CCC#N)C1CCCC1CN. The lowest BCUT2D eigenvalue weighted by atomic mass is 10.0. The van der Waals surface area contributed by atoms with E-state index < -0.39 is 0 Å². The van der Waals surface area contributed by atoms with Gasteiger partial charge in [-0.05, 0) is 32.4 Å². The maximum atomic E-state index is 8.48. The summed E-state index contributed by atoms with van der Waals surface area (Å²) in [5, 5.41) is 8.48. The van der Waals surface area contributed by atoms with Crippen LogP contribution in [0.2, 0.25) is 0 Å². The number of hydrogen-bond donors (Lipinski definition) is 1. The van der Waals surface area contributed by atoms with Gasteiger partial charge in [-0.1, -0.05) is 6.42 Å². The van der Waals surface area contributed by atoms with Crippen molar-refractivity contribution in [1.82, 2.24) is 4.90 Å². The van der Waals surface area contributed by atoms with E-state index >= 15 is 0 Å². The van der Waals surface area contributed by atoms with E-state index in [2.05, 4.69) is 18.0 Å². The van der Waals surface area contributed by atoms with Crippen molar-refractivity contribution in [3.05, 3.63) is 0 Å². The molecule has 0 spiro atoms.